The van der Waals surface area contributed by atoms with Crippen molar-refractivity contribution >= 4 is 16.0 Å². The maximum Gasteiger partial charge on any atom is 0.281 e. The molecule has 0 unspecified atom stereocenters. The Bertz CT molecular complexity index is 831. The maximum atomic E-state index is 12.2. The fourth-order valence-corrected chi connectivity index (χ4v) is 3.74. The van der Waals surface area contributed by atoms with Crippen LogP contribution in [-0.4, -0.2) is 72.4 Å². The standard InChI is InChI=1S/C16H21N5O3S/c1-19(2)25(23,24)21-11-9-20(10-12-21)15-7-8-17-16(18-15)13-3-5-14(22)6-4-13/h3-8,22H,9-12H2,1-2H3. The molecule has 2 heterocycles. The second-order valence-electron chi connectivity index (χ2n) is 5.96. The molecule has 0 bridgehead atoms. The van der Waals surface area contributed by atoms with Gasteiger partial charge in [0.1, 0.15) is 11.6 Å². The average Bonchev–Trinajstić information content (AvgIpc) is 2.62. The average molecular weight is 363 g/mol. The number of aromatic nitrogens is 2. The molecule has 1 N–H and O–H groups in total. The predicted octanol–water partition coefficient (Wildman–Crippen LogP) is 0.778. The van der Waals surface area contributed by atoms with Gasteiger partial charge in [0, 0.05) is 52.0 Å². The van der Waals surface area contributed by atoms with Crippen LogP contribution in [0.25, 0.3) is 11.4 Å². The van der Waals surface area contributed by atoms with Gasteiger partial charge in [-0.2, -0.15) is 17.0 Å². The molecule has 3 rings (SSSR count). The molecule has 0 aliphatic carbocycles. The minimum absolute atomic E-state index is 0.193. The zero-order valence-electron chi connectivity index (χ0n) is 14.2. The van der Waals surface area contributed by atoms with Crippen LogP contribution in [0.15, 0.2) is 36.5 Å². The monoisotopic (exact) mass is 363 g/mol. The van der Waals surface area contributed by atoms with E-state index in [1.807, 2.05) is 11.0 Å². The van der Waals surface area contributed by atoms with E-state index < -0.39 is 10.2 Å². The number of rotatable bonds is 4. The molecule has 0 spiro atoms. The smallest absolute Gasteiger partial charge is 0.281 e. The highest BCUT2D eigenvalue weighted by Gasteiger charge is 2.29. The maximum absolute atomic E-state index is 12.2. The van der Waals surface area contributed by atoms with Crippen molar-refractivity contribution < 1.29 is 13.5 Å². The molecule has 0 saturated carbocycles. The lowest BCUT2D eigenvalue weighted by Gasteiger charge is -2.35. The van der Waals surface area contributed by atoms with E-state index in [1.54, 1.807) is 30.5 Å². The summed E-state index contributed by atoms with van der Waals surface area (Å²) in [7, 11) is -0.302. The number of piperazine rings is 1. The van der Waals surface area contributed by atoms with Crippen LogP contribution in [0.2, 0.25) is 0 Å². The topological polar surface area (TPSA) is 89.9 Å². The number of aromatic hydroxyl groups is 1. The zero-order chi connectivity index (χ0) is 18.0. The van der Waals surface area contributed by atoms with Gasteiger partial charge in [-0.15, -0.1) is 0 Å². The molecule has 0 amide bonds. The molecule has 0 atom stereocenters. The normalized spacial score (nSPS) is 16.4. The van der Waals surface area contributed by atoms with Gasteiger partial charge in [0.25, 0.3) is 10.2 Å². The number of benzene rings is 1. The van der Waals surface area contributed by atoms with E-state index in [-0.39, 0.29) is 5.75 Å². The van der Waals surface area contributed by atoms with E-state index in [0.717, 1.165) is 11.4 Å². The summed E-state index contributed by atoms with van der Waals surface area (Å²) in [5, 5.41) is 9.39. The molecule has 0 radical (unpaired) electrons. The van der Waals surface area contributed by atoms with Crippen LogP contribution in [0, 0.1) is 0 Å². The fraction of sp³-hybridized carbons (Fsp3) is 0.375. The molecule has 2 aromatic rings. The Morgan fingerprint density at radius 1 is 1.04 bits per heavy atom. The second-order valence-corrected chi connectivity index (χ2v) is 8.10. The Morgan fingerprint density at radius 2 is 1.68 bits per heavy atom. The summed E-state index contributed by atoms with van der Waals surface area (Å²) in [4.78, 5) is 10.9. The van der Waals surface area contributed by atoms with Gasteiger partial charge in [0.2, 0.25) is 0 Å². The highest BCUT2D eigenvalue weighted by Crippen LogP contribution is 2.22. The van der Waals surface area contributed by atoms with Crippen LogP contribution < -0.4 is 4.90 Å². The SMILES string of the molecule is CN(C)S(=O)(=O)N1CCN(c2ccnc(-c3ccc(O)cc3)n2)CC1. The van der Waals surface area contributed by atoms with Crippen molar-refractivity contribution in [1.82, 2.24) is 18.6 Å². The number of anilines is 1. The van der Waals surface area contributed by atoms with Gasteiger partial charge >= 0.3 is 0 Å². The Morgan fingerprint density at radius 3 is 2.28 bits per heavy atom. The quantitative estimate of drug-likeness (QED) is 0.863. The fourth-order valence-electron chi connectivity index (χ4n) is 2.65. The van der Waals surface area contributed by atoms with E-state index >= 15 is 0 Å². The molecule has 1 saturated heterocycles. The summed E-state index contributed by atoms with van der Waals surface area (Å²) in [6, 6.07) is 8.53. The minimum atomic E-state index is -3.38. The molecular weight excluding hydrogens is 342 g/mol. The number of hydrogen-bond donors (Lipinski definition) is 1. The van der Waals surface area contributed by atoms with E-state index in [0.29, 0.717) is 32.0 Å². The summed E-state index contributed by atoms with van der Waals surface area (Å²) in [5.41, 5.74) is 0.813. The van der Waals surface area contributed by atoms with E-state index in [1.165, 1.54) is 22.7 Å². The van der Waals surface area contributed by atoms with Gasteiger partial charge in [-0.05, 0) is 30.3 Å². The molecule has 8 nitrogen and oxygen atoms in total. The largest absolute Gasteiger partial charge is 0.508 e. The molecule has 1 aromatic carbocycles. The first-order valence-corrected chi connectivity index (χ1v) is 9.32. The number of nitrogens with zero attached hydrogens (tertiary/aromatic N) is 5. The van der Waals surface area contributed by atoms with Gasteiger partial charge in [-0.3, -0.25) is 0 Å². The van der Waals surface area contributed by atoms with Crippen molar-refractivity contribution in [3.8, 4) is 17.1 Å². The molecule has 25 heavy (non-hydrogen) atoms. The van der Waals surface area contributed by atoms with Gasteiger partial charge in [0.05, 0.1) is 0 Å². The van der Waals surface area contributed by atoms with Crippen molar-refractivity contribution in [2.24, 2.45) is 0 Å². The van der Waals surface area contributed by atoms with Crippen LogP contribution in [0.5, 0.6) is 5.75 Å². The number of phenolic OH excluding ortho intramolecular Hbond substituents is 1. The lowest BCUT2D eigenvalue weighted by molar-refractivity contribution is 0.355. The molecular formula is C16H21N5O3S. The van der Waals surface area contributed by atoms with Gasteiger partial charge in [0.15, 0.2) is 5.82 Å². The third-order valence-electron chi connectivity index (χ3n) is 4.12. The Hall–Kier alpha value is -2.23. The van der Waals surface area contributed by atoms with Crippen molar-refractivity contribution in [2.75, 3.05) is 45.2 Å². The summed E-state index contributed by atoms with van der Waals surface area (Å²) in [6.45, 7) is 1.97. The van der Waals surface area contributed by atoms with E-state index in [9.17, 15) is 13.5 Å². The molecule has 1 aromatic heterocycles. The predicted molar refractivity (Wildman–Crippen MR) is 95.5 cm³/mol. The Labute approximate surface area is 147 Å². The first kappa shape index (κ1) is 17.6. The summed E-state index contributed by atoms with van der Waals surface area (Å²) in [6.07, 6.45) is 1.69. The molecule has 1 aliphatic heterocycles. The summed E-state index contributed by atoms with van der Waals surface area (Å²) < 4.78 is 27.1. The van der Waals surface area contributed by atoms with Crippen LogP contribution in [0.3, 0.4) is 0 Å². The molecule has 1 aliphatic rings. The van der Waals surface area contributed by atoms with Crippen LogP contribution >= 0.6 is 0 Å². The van der Waals surface area contributed by atoms with Gasteiger partial charge < -0.3 is 10.0 Å². The van der Waals surface area contributed by atoms with E-state index in [4.69, 9.17) is 0 Å². The second kappa shape index (κ2) is 6.95. The third kappa shape index (κ3) is 3.73. The van der Waals surface area contributed by atoms with Crippen LogP contribution in [0.4, 0.5) is 5.82 Å². The lowest BCUT2D eigenvalue weighted by atomic mass is 10.2. The number of hydrogen-bond acceptors (Lipinski definition) is 6. The highest BCUT2D eigenvalue weighted by atomic mass is 32.2. The van der Waals surface area contributed by atoms with Gasteiger partial charge in [-0.1, -0.05) is 0 Å². The van der Waals surface area contributed by atoms with Crippen LogP contribution in [-0.2, 0) is 10.2 Å². The lowest BCUT2D eigenvalue weighted by Crippen LogP contribution is -2.51. The molecule has 134 valence electrons. The number of phenols is 1. The minimum Gasteiger partial charge on any atom is -0.508 e. The van der Waals surface area contributed by atoms with Crippen molar-refractivity contribution in [3.63, 3.8) is 0 Å². The van der Waals surface area contributed by atoms with Gasteiger partial charge in [-0.25, -0.2) is 9.97 Å². The third-order valence-corrected chi connectivity index (χ3v) is 6.06. The van der Waals surface area contributed by atoms with Crippen LogP contribution in [0.1, 0.15) is 0 Å². The van der Waals surface area contributed by atoms with Crippen molar-refractivity contribution in [2.45, 2.75) is 0 Å². The first-order chi connectivity index (χ1) is 11.9. The van der Waals surface area contributed by atoms with Crippen molar-refractivity contribution in [1.29, 1.82) is 0 Å². The van der Waals surface area contributed by atoms with E-state index in [2.05, 4.69) is 9.97 Å². The highest BCUT2D eigenvalue weighted by molar-refractivity contribution is 7.86. The first-order valence-electron chi connectivity index (χ1n) is 7.93. The Balaban J connectivity index is 1.74. The zero-order valence-corrected chi connectivity index (χ0v) is 15.0. The summed E-state index contributed by atoms with van der Waals surface area (Å²) >= 11 is 0. The summed E-state index contributed by atoms with van der Waals surface area (Å²) in [5.74, 6) is 1.53. The molecule has 9 heteroatoms. The van der Waals surface area contributed by atoms with Crippen molar-refractivity contribution in [3.05, 3.63) is 36.5 Å². The molecule has 1 fully saturated rings. The Kier molecular flexibility index (Phi) is 4.89.